The van der Waals surface area contributed by atoms with Gasteiger partial charge in [0.25, 0.3) is 0 Å². The molecule has 0 amide bonds. The summed E-state index contributed by atoms with van der Waals surface area (Å²) in [6.45, 7) is 5.15. The second kappa shape index (κ2) is 8.83. The van der Waals surface area contributed by atoms with Crippen LogP contribution in [0.4, 0.5) is 0 Å². The van der Waals surface area contributed by atoms with Crippen molar-refractivity contribution in [3.8, 4) is 6.07 Å². The molecule has 0 aliphatic carbocycles. The Morgan fingerprint density at radius 2 is 1.83 bits per heavy atom. The molecule has 0 spiro atoms. The van der Waals surface area contributed by atoms with Gasteiger partial charge in [0.15, 0.2) is 8.38 Å². The number of rotatable bonds is 7. The van der Waals surface area contributed by atoms with E-state index < -0.39 is 8.38 Å². The third-order valence-corrected chi connectivity index (χ3v) is 3.92. The van der Waals surface area contributed by atoms with Gasteiger partial charge in [-0.3, -0.25) is 0 Å². The van der Waals surface area contributed by atoms with Crippen LogP contribution in [0, 0.1) is 11.3 Å². The van der Waals surface area contributed by atoms with Crippen molar-refractivity contribution in [2.24, 2.45) is 0 Å². The molecule has 0 aliphatic rings. The van der Waals surface area contributed by atoms with Crippen LogP contribution >= 0.6 is 8.38 Å². The summed E-state index contributed by atoms with van der Waals surface area (Å²) in [5, 5.41) is 8.87. The molecule has 0 saturated heterocycles. The third kappa shape index (κ3) is 4.98. The third-order valence-electron chi connectivity index (χ3n) is 2.23. The van der Waals surface area contributed by atoms with Crippen molar-refractivity contribution in [1.82, 2.24) is 0 Å². The van der Waals surface area contributed by atoms with E-state index in [1.807, 2.05) is 44.2 Å². The molecule has 4 heteroatoms. The van der Waals surface area contributed by atoms with Gasteiger partial charge in [0.1, 0.15) is 0 Å². The Hall–Kier alpha value is -1.20. The monoisotopic (exact) mass is 263 g/mol. The summed E-state index contributed by atoms with van der Waals surface area (Å²) < 4.78 is 11.1. The fraction of sp³-hybridized carbons (Fsp3) is 0.357. The fourth-order valence-electron chi connectivity index (χ4n) is 1.51. The van der Waals surface area contributed by atoms with Gasteiger partial charge in [0.2, 0.25) is 0 Å². The van der Waals surface area contributed by atoms with E-state index in [0.717, 1.165) is 11.1 Å². The first kappa shape index (κ1) is 14.9. The van der Waals surface area contributed by atoms with Crippen molar-refractivity contribution in [2.75, 3.05) is 19.4 Å². The van der Waals surface area contributed by atoms with E-state index in [9.17, 15) is 0 Å². The van der Waals surface area contributed by atoms with Crippen LogP contribution in [0.2, 0.25) is 0 Å². The highest BCUT2D eigenvalue weighted by atomic mass is 31.2. The van der Waals surface area contributed by atoms with E-state index in [2.05, 4.69) is 6.07 Å². The van der Waals surface area contributed by atoms with Gasteiger partial charge < -0.3 is 9.05 Å². The number of hydrogen-bond acceptors (Lipinski definition) is 3. The maximum atomic E-state index is 8.87. The van der Waals surface area contributed by atoms with Gasteiger partial charge in [-0.2, -0.15) is 5.26 Å². The number of allylic oxidation sites excluding steroid dienone is 2. The molecule has 0 aliphatic heterocycles. The maximum absolute atomic E-state index is 8.87. The second-order valence-corrected chi connectivity index (χ2v) is 4.99. The van der Waals surface area contributed by atoms with Crippen LogP contribution in [-0.2, 0) is 9.05 Å². The summed E-state index contributed by atoms with van der Waals surface area (Å²) in [6, 6.07) is 12.0. The molecule has 18 heavy (non-hydrogen) atoms. The molecule has 0 unspecified atom stereocenters. The Kier molecular flexibility index (Phi) is 7.29. The lowest BCUT2D eigenvalue weighted by molar-refractivity contribution is 0.272. The molecule has 1 aromatic carbocycles. The molecule has 1 aromatic rings. The Labute approximate surface area is 110 Å². The van der Waals surface area contributed by atoms with E-state index in [4.69, 9.17) is 14.3 Å². The molecule has 0 atom stereocenters. The van der Waals surface area contributed by atoms with Crippen LogP contribution in [0.3, 0.4) is 0 Å². The Morgan fingerprint density at radius 1 is 1.22 bits per heavy atom. The highest BCUT2D eigenvalue weighted by molar-refractivity contribution is 7.47. The van der Waals surface area contributed by atoms with Gasteiger partial charge in [-0.15, -0.1) is 0 Å². The highest BCUT2D eigenvalue weighted by Gasteiger charge is 2.13. The van der Waals surface area contributed by atoms with E-state index in [-0.39, 0.29) is 0 Å². The summed E-state index contributed by atoms with van der Waals surface area (Å²) in [5.74, 6) is 0. The van der Waals surface area contributed by atoms with Crippen molar-refractivity contribution in [2.45, 2.75) is 13.8 Å². The van der Waals surface area contributed by atoms with Crippen LogP contribution in [0.15, 0.2) is 36.4 Å². The van der Waals surface area contributed by atoms with Crippen molar-refractivity contribution >= 4 is 13.9 Å². The minimum absolute atomic E-state index is 0.625. The van der Waals surface area contributed by atoms with Gasteiger partial charge in [-0.05, 0) is 25.0 Å². The second-order valence-electron chi connectivity index (χ2n) is 3.49. The molecular formula is C14H18NO2P. The summed E-state index contributed by atoms with van der Waals surface area (Å²) in [7, 11) is -0.955. The smallest absolute Gasteiger partial charge is 0.175 e. The van der Waals surface area contributed by atoms with Crippen LogP contribution in [-0.4, -0.2) is 19.4 Å². The predicted octanol–water partition coefficient (Wildman–Crippen LogP) is 3.98. The molecule has 0 radical (unpaired) electrons. The maximum Gasteiger partial charge on any atom is 0.175 e. The number of nitrogens with zero attached hydrogens (tertiary/aromatic N) is 1. The highest BCUT2D eigenvalue weighted by Crippen LogP contribution is 2.42. The SMILES string of the molecule is CCOP(C/C(=C/C#N)c1ccccc1)OCC. The molecule has 96 valence electrons. The Bertz CT molecular complexity index is 406. The van der Waals surface area contributed by atoms with Crippen LogP contribution in [0.5, 0.6) is 0 Å². The standard InChI is InChI=1S/C14H18NO2P/c1-3-16-18(17-4-2)12-14(10-11-15)13-8-6-5-7-9-13/h5-10H,3-4,12H2,1-2H3/b14-10-. The topological polar surface area (TPSA) is 42.2 Å². The minimum Gasteiger partial charge on any atom is -0.334 e. The fourth-order valence-corrected chi connectivity index (χ4v) is 2.89. The Balaban J connectivity index is 2.81. The normalized spacial score (nSPS) is 11.6. The molecule has 0 bridgehead atoms. The average molecular weight is 263 g/mol. The van der Waals surface area contributed by atoms with Crippen LogP contribution in [0.1, 0.15) is 19.4 Å². The zero-order valence-electron chi connectivity index (χ0n) is 10.8. The number of hydrogen-bond donors (Lipinski definition) is 0. The molecule has 1 rings (SSSR count). The lowest BCUT2D eigenvalue weighted by atomic mass is 10.1. The van der Waals surface area contributed by atoms with Crippen molar-refractivity contribution in [3.63, 3.8) is 0 Å². The predicted molar refractivity (Wildman–Crippen MR) is 75.1 cm³/mol. The van der Waals surface area contributed by atoms with Gasteiger partial charge >= 0.3 is 0 Å². The molecule has 3 nitrogen and oxygen atoms in total. The summed E-state index contributed by atoms with van der Waals surface area (Å²) in [4.78, 5) is 0. The first-order valence-corrected chi connectivity index (χ1v) is 7.35. The largest absolute Gasteiger partial charge is 0.334 e. The van der Waals surface area contributed by atoms with Crippen molar-refractivity contribution in [3.05, 3.63) is 42.0 Å². The zero-order valence-corrected chi connectivity index (χ0v) is 11.7. The summed E-state index contributed by atoms with van der Waals surface area (Å²) >= 11 is 0. The van der Waals surface area contributed by atoms with Gasteiger partial charge in [-0.1, -0.05) is 30.3 Å². The Morgan fingerprint density at radius 3 is 2.33 bits per heavy atom. The zero-order chi connectivity index (χ0) is 13.2. The van der Waals surface area contributed by atoms with E-state index >= 15 is 0 Å². The minimum atomic E-state index is -0.955. The molecular weight excluding hydrogens is 245 g/mol. The summed E-state index contributed by atoms with van der Waals surface area (Å²) in [6.07, 6.45) is 2.22. The average Bonchev–Trinajstić information content (AvgIpc) is 2.40. The molecule has 0 aromatic heterocycles. The summed E-state index contributed by atoms with van der Waals surface area (Å²) in [5.41, 5.74) is 2.01. The van der Waals surface area contributed by atoms with Crippen LogP contribution in [0.25, 0.3) is 5.57 Å². The first-order valence-electron chi connectivity index (χ1n) is 5.99. The number of benzene rings is 1. The quantitative estimate of drug-likeness (QED) is 0.552. The van der Waals surface area contributed by atoms with E-state index in [0.29, 0.717) is 19.4 Å². The van der Waals surface area contributed by atoms with Gasteiger partial charge in [0, 0.05) is 12.2 Å². The van der Waals surface area contributed by atoms with Gasteiger partial charge in [-0.25, -0.2) is 0 Å². The van der Waals surface area contributed by atoms with Gasteiger partial charge in [0.05, 0.1) is 19.3 Å². The lowest BCUT2D eigenvalue weighted by Crippen LogP contribution is -1.98. The first-order chi connectivity index (χ1) is 8.81. The van der Waals surface area contributed by atoms with Crippen molar-refractivity contribution < 1.29 is 9.05 Å². The molecule has 0 N–H and O–H groups in total. The molecule has 0 heterocycles. The van der Waals surface area contributed by atoms with E-state index in [1.54, 1.807) is 6.08 Å². The lowest BCUT2D eigenvalue weighted by Gasteiger charge is -2.17. The van der Waals surface area contributed by atoms with Crippen molar-refractivity contribution in [1.29, 1.82) is 5.26 Å². The number of nitriles is 1. The molecule has 0 fully saturated rings. The van der Waals surface area contributed by atoms with Crippen LogP contribution < -0.4 is 0 Å². The van der Waals surface area contributed by atoms with E-state index in [1.165, 1.54) is 0 Å². The molecule has 0 saturated carbocycles.